The van der Waals surface area contributed by atoms with Gasteiger partial charge in [-0.3, -0.25) is 14.9 Å². The van der Waals surface area contributed by atoms with Gasteiger partial charge < -0.3 is 9.84 Å². The maximum absolute atomic E-state index is 13.0. The van der Waals surface area contributed by atoms with Crippen LogP contribution in [0.5, 0.6) is 0 Å². The van der Waals surface area contributed by atoms with Gasteiger partial charge in [0, 0.05) is 44.1 Å². The molecule has 1 N–H and O–H groups in total. The first kappa shape index (κ1) is 22.8. The van der Waals surface area contributed by atoms with Crippen molar-refractivity contribution in [2.45, 2.75) is 44.4 Å². The van der Waals surface area contributed by atoms with Gasteiger partial charge in [0.1, 0.15) is 0 Å². The molecule has 1 aromatic heterocycles. The second-order valence-corrected chi connectivity index (χ2v) is 9.42. The number of sulfonamides is 1. The number of carbonyl (C=O) groups is 1. The molecule has 0 spiro atoms. The van der Waals surface area contributed by atoms with Crippen LogP contribution in [0.25, 0.3) is 0 Å². The Hall–Kier alpha value is -2.86. The van der Waals surface area contributed by atoms with Gasteiger partial charge >= 0.3 is 0 Å². The predicted molar refractivity (Wildman–Crippen MR) is 110 cm³/mol. The predicted octanol–water partition coefficient (Wildman–Crippen LogP) is 1.74. The van der Waals surface area contributed by atoms with Crippen molar-refractivity contribution >= 4 is 21.6 Å². The van der Waals surface area contributed by atoms with E-state index in [1.807, 2.05) is 0 Å². The highest BCUT2D eigenvalue weighted by Gasteiger charge is 2.33. The van der Waals surface area contributed by atoms with Crippen molar-refractivity contribution < 1.29 is 22.7 Å². The summed E-state index contributed by atoms with van der Waals surface area (Å²) < 4.78 is 32.3. The number of nitro groups is 1. The molecule has 1 aromatic carbocycles. The van der Waals surface area contributed by atoms with E-state index in [1.165, 1.54) is 16.4 Å². The number of benzene rings is 1. The van der Waals surface area contributed by atoms with E-state index in [-0.39, 0.29) is 35.5 Å². The first-order chi connectivity index (χ1) is 14.7. The molecule has 2 aromatic rings. The molecule has 1 amide bonds. The molecule has 11 nitrogen and oxygen atoms in total. The van der Waals surface area contributed by atoms with Crippen molar-refractivity contribution in [1.82, 2.24) is 19.8 Å². The summed E-state index contributed by atoms with van der Waals surface area (Å²) in [6.07, 6.45) is 2.01. The third-order valence-electron chi connectivity index (χ3n) is 5.26. The van der Waals surface area contributed by atoms with Crippen LogP contribution in [-0.4, -0.2) is 53.3 Å². The van der Waals surface area contributed by atoms with Crippen molar-refractivity contribution in [2.75, 3.05) is 19.6 Å². The van der Waals surface area contributed by atoms with E-state index in [0.29, 0.717) is 49.5 Å². The second-order valence-electron chi connectivity index (χ2n) is 7.52. The molecule has 1 saturated heterocycles. The van der Waals surface area contributed by atoms with E-state index < -0.39 is 14.9 Å². The van der Waals surface area contributed by atoms with Crippen LogP contribution in [0.4, 0.5) is 5.69 Å². The topological polar surface area (TPSA) is 149 Å². The summed E-state index contributed by atoms with van der Waals surface area (Å²) in [4.78, 5) is 26.8. The van der Waals surface area contributed by atoms with Crippen molar-refractivity contribution in [3.63, 3.8) is 0 Å². The number of aryl methyl sites for hydroxylation is 3. The molecule has 2 heterocycles. The molecule has 0 bridgehead atoms. The SMILES string of the molecule is Cc1noc(CCCNC(=O)C2CCN(S(=O)(=O)c3cc([N+](=O)[O-])ccc3C)CC2)n1. The maximum atomic E-state index is 13.0. The van der Waals surface area contributed by atoms with E-state index in [9.17, 15) is 23.3 Å². The molecule has 1 fully saturated rings. The minimum Gasteiger partial charge on any atom is -0.356 e. The Bertz CT molecular complexity index is 1060. The van der Waals surface area contributed by atoms with Crippen LogP contribution in [0.3, 0.4) is 0 Å². The number of rotatable bonds is 8. The molecule has 0 saturated carbocycles. The first-order valence-corrected chi connectivity index (χ1v) is 11.4. The molecular formula is C19H25N5O6S. The summed E-state index contributed by atoms with van der Waals surface area (Å²) in [5.41, 5.74) is 0.177. The number of non-ortho nitro benzene ring substituents is 1. The number of hydrogen-bond acceptors (Lipinski definition) is 8. The van der Waals surface area contributed by atoms with Crippen LogP contribution < -0.4 is 5.32 Å². The van der Waals surface area contributed by atoms with Crippen molar-refractivity contribution in [1.29, 1.82) is 0 Å². The van der Waals surface area contributed by atoms with Crippen LogP contribution in [0.15, 0.2) is 27.6 Å². The van der Waals surface area contributed by atoms with Crippen LogP contribution in [-0.2, 0) is 21.2 Å². The number of piperidine rings is 1. The average molecular weight is 452 g/mol. The monoisotopic (exact) mass is 451 g/mol. The zero-order chi connectivity index (χ0) is 22.6. The number of hydrogen-bond donors (Lipinski definition) is 1. The molecule has 31 heavy (non-hydrogen) atoms. The van der Waals surface area contributed by atoms with Gasteiger partial charge in [-0.25, -0.2) is 8.42 Å². The summed E-state index contributed by atoms with van der Waals surface area (Å²) in [7, 11) is -3.87. The molecule has 12 heteroatoms. The van der Waals surface area contributed by atoms with Crippen LogP contribution in [0.1, 0.15) is 36.5 Å². The molecule has 0 unspecified atom stereocenters. The normalized spacial score (nSPS) is 15.7. The van der Waals surface area contributed by atoms with Crippen LogP contribution in [0.2, 0.25) is 0 Å². The molecule has 3 rings (SSSR count). The molecule has 1 aliphatic heterocycles. The van der Waals surface area contributed by atoms with Gasteiger partial charge in [-0.05, 0) is 38.7 Å². The molecule has 168 valence electrons. The Morgan fingerprint density at radius 2 is 2.03 bits per heavy atom. The van der Waals surface area contributed by atoms with E-state index in [1.54, 1.807) is 13.8 Å². The Morgan fingerprint density at radius 3 is 2.65 bits per heavy atom. The van der Waals surface area contributed by atoms with Crippen molar-refractivity contribution in [3.05, 3.63) is 45.6 Å². The lowest BCUT2D eigenvalue weighted by atomic mass is 9.97. The summed E-state index contributed by atoms with van der Waals surface area (Å²) in [5.74, 6) is 0.719. The highest BCUT2D eigenvalue weighted by atomic mass is 32.2. The highest BCUT2D eigenvalue weighted by Crippen LogP contribution is 2.28. The van der Waals surface area contributed by atoms with E-state index in [0.717, 1.165) is 6.07 Å². The van der Waals surface area contributed by atoms with Gasteiger partial charge in [0.25, 0.3) is 5.69 Å². The fourth-order valence-corrected chi connectivity index (χ4v) is 5.23. The van der Waals surface area contributed by atoms with Crippen molar-refractivity contribution in [2.24, 2.45) is 5.92 Å². The zero-order valence-corrected chi connectivity index (χ0v) is 18.2. The zero-order valence-electron chi connectivity index (χ0n) is 17.4. The smallest absolute Gasteiger partial charge is 0.270 e. The number of nitro benzene ring substituents is 1. The van der Waals surface area contributed by atoms with Gasteiger partial charge in [-0.15, -0.1) is 0 Å². The van der Waals surface area contributed by atoms with Gasteiger partial charge in [-0.1, -0.05) is 11.2 Å². The Kier molecular flexibility index (Phi) is 7.01. The number of amides is 1. The summed E-state index contributed by atoms with van der Waals surface area (Å²) in [6.45, 7) is 4.17. The van der Waals surface area contributed by atoms with Gasteiger partial charge in [0.2, 0.25) is 21.8 Å². The number of nitrogens with zero attached hydrogens (tertiary/aromatic N) is 4. The summed E-state index contributed by atoms with van der Waals surface area (Å²) in [5, 5.41) is 17.6. The average Bonchev–Trinajstić information content (AvgIpc) is 3.16. The second kappa shape index (κ2) is 9.52. The van der Waals surface area contributed by atoms with E-state index >= 15 is 0 Å². The maximum Gasteiger partial charge on any atom is 0.270 e. The Morgan fingerprint density at radius 1 is 1.32 bits per heavy atom. The highest BCUT2D eigenvalue weighted by molar-refractivity contribution is 7.89. The molecule has 0 radical (unpaired) electrons. The minimum absolute atomic E-state index is 0.0686. The lowest BCUT2D eigenvalue weighted by Crippen LogP contribution is -2.43. The number of nitrogens with one attached hydrogen (secondary N) is 1. The van der Waals surface area contributed by atoms with E-state index in [2.05, 4.69) is 15.5 Å². The third-order valence-corrected chi connectivity index (χ3v) is 7.30. The molecule has 1 aliphatic rings. The fraction of sp³-hybridized carbons (Fsp3) is 0.526. The minimum atomic E-state index is -3.87. The molecular weight excluding hydrogens is 426 g/mol. The largest absolute Gasteiger partial charge is 0.356 e. The van der Waals surface area contributed by atoms with Crippen molar-refractivity contribution in [3.8, 4) is 0 Å². The quantitative estimate of drug-likeness (QED) is 0.362. The van der Waals surface area contributed by atoms with E-state index in [4.69, 9.17) is 4.52 Å². The standard InChI is InChI=1S/C19H25N5O6S/c1-13-5-6-16(24(26)27)12-17(13)31(28,29)23-10-7-15(8-11-23)19(25)20-9-3-4-18-21-14(2)22-30-18/h5-6,12,15H,3-4,7-11H2,1-2H3,(H,20,25). The lowest BCUT2D eigenvalue weighted by molar-refractivity contribution is -0.385. The fourth-order valence-electron chi connectivity index (χ4n) is 3.51. The molecule has 0 atom stereocenters. The third kappa shape index (κ3) is 5.44. The number of aromatic nitrogens is 2. The van der Waals surface area contributed by atoms with Gasteiger partial charge in [0.05, 0.1) is 9.82 Å². The van der Waals surface area contributed by atoms with Crippen LogP contribution >= 0.6 is 0 Å². The van der Waals surface area contributed by atoms with Crippen LogP contribution in [0, 0.1) is 29.9 Å². The Labute approximate surface area is 180 Å². The number of carbonyl (C=O) groups excluding carboxylic acids is 1. The Balaban J connectivity index is 1.52. The first-order valence-electron chi connectivity index (χ1n) is 10.0. The molecule has 0 aliphatic carbocycles. The van der Waals surface area contributed by atoms with Gasteiger partial charge in [-0.2, -0.15) is 9.29 Å². The summed E-state index contributed by atoms with van der Waals surface area (Å²) >= 11 is 0. The summed E-state index contributed by atoms with van der Waals surface area (Å²) in [6, 6.07) is 3.81. The van der Waals surface area contributed by atoms with Gasteiger partial charge in [0.15, 0.2) is 5.82 Å². The lowest BCUT2D eigenvalue weighted by Gasteiger charge is -2.30.